The lowest BCUT2D eigenvalue weighted by atomic mass is 10.1. The van der Waals surface area contributed by atoms with E-state index in [4.69, 9.17) is 0 Å². The van der Waals surface area contributed by atoms with Crippen molar-refractivity contribution in [3.63, 3.8) is 0 Å². The maximum Gasteiger partial charge on any atom is 0.165 e. The van der Waals surface area contributed by atoms with Gasteiger partial charge >= 0.3 is 0 Å². The Bertz CT molecular complexity index is 135. The van der Waals surface area contributed by atoms with Crippen LogP contribution in [0.3, 0.4) is 0 Å². The van der Waals surface area contributed by atoms with Crippen LogP contribution in [0.1, 0.15) is 13.3 Å². The standard InChI is InChI=1S/C6H8O2/c1-2-6(7)5-3-8-4-5/h3H,2,4H2,1H3. The van der Waals surface area contributed by atoms with E-state index in [1.807, 2.05) is 6.92 Å². The SMILES string of the molecule is CCC(=O)C1=COC1. The minimum atomic E-state index is 0.205. The molecule has 0 spiro atoms. The first kappa shape index (κ1) is 5.35. The van der Waals surface area contributed by atoms with Crippen LogP contribution in [0.25, 0.3) is 0 Å². The molecule has 0 radical (unpaired) electrons. The third-order valence-electron chi connectivity index (χ3n) is 1.14. The fraction of sp³-hybridized carbons (Fsp3) is 0.500. The van der Waals surface area contributed by atoms with Crippen molar-refractivity contribution in [3.8, 4) is 0 Å². The zero-order valence-corrected chi connectivity index (χ0v) is 4.81. The molecule has 0 saturated carbocycles. The van der Waals surface area contributed by atoms with Crippen LogP contribution in [0.2, 0.25) is 0 Å². The van der Waals surface area contributed by atoms with E-state index in [1.54, 1.807) is 0 Å². The Hall–Kier alpha value is -0.790. The molecule has 0 bridgehead atoms. The van der Waals surface area contributed by atoms with Crippen molar-refractivity contribution >= 4 is 5.78 Å². The van der Waals surface area contributed by atoms with Gasteiger partial charge < -0.3 is 4.74 Å². The van der Waals surface area contributed by atoms with Crippen molar-refractivity contribution < 1.29 is 9.53 Å². The molecule has 0 aromatic carbocycles. The van der Waals surface area contributed by atoms with E-state index in [-0.39, 0.29) is 5.78 Å². The number of Topliss-reactive ketones (excluding diaryl/α,β-unsaturated/α-hetero) is 1. The molecule has 0 saturated heterocycles. The number of carbonyl (C=O) groups is 1. The predicted molar refractivity (Wildman–Crippen MR) is 29.3 cm³/mol. The highest BCUT2D eigenvalue weighted by Gasteiger charge is 2.13. The van der Waals surface area contributed by atoms with Gasteiger partial charge in [0.2, 0.25) is 0 Å². The normalized spacial score (nSPS) is 15.9. The molecule has 1 heterocycles. The van der Waals surface area contributed by atoms with Crippen LogP contribution in [-0.4, -0.2) is 12.4 Å². The zero-order chi connectivity index (χ0) is 5.98. The van der Waals surface area contributed by atoms with Gasteiger partial charge in [-0.1, -0.05) is 6.92 Å². The number of carbonyl (C=O) groups excluding carboxylic acids is 1. The maximum absolute atomic E-state index is 10.6. The molecular weight excluding hydrogens is 104 g/mol. The zero-order valence-electron chi connectivity index (χ0n) is 4.81. The van der Waals surface area contributed by atoms with E-state index >= 15 is 0 Å². The topological polar surface area (TPSA) is 26.3 Å². The summed E-state index contributed by atoms with van der Waals surface area (Å²) in [7, 11) is 0. The van der Waals surface area contributed by atoms with E-state index in [9.17, 15) is 4.79 Å². The van der Waals surface area contributed by atoms with Gasteiger partial charge in [-0.2, -0.15) is 0 Å². The number of ketones is 1. The van der Waals surface area contributed by atoms with Gasteiger partial charge in [-0.15, -0.1) is 0 Å². The molecule has 1 aliphatic rings. The van der Waals surface area contributed by atoms with Gasteiger partial charge in [0.25, 0.3) is 0 Å². The quantitative estimate of drug-likeness (QED) is 0.530. The van der Waals surface area contributed by atoms with Crippen molar-refractivity contribution in [1.82, 2.24) is 0 Å². The predicted octanol–water partition coefficient (Wildman–Crippen LogP) is 0.880. The van der Waals surface area contributed by atoms with Crippen LogP contribution in [0.15, 0.2) is 11.8 Å². The van der Waals surface area contributed by atoms with E-state index in [0.717, 1.165) is 5.57 Å². The minimum Gasteiger partial charge on any atom is -0.496 e. The van der Waals surface area contributed by atoms with E-state index < -0.39 is 0 Å². The van der Waals surface area contributed by atoms with Gasteiger partial charge in [0.05, 0.1) is 11.8 Å². The average molecular weight is 112 g/mol. The molecule has 1 rings (SSSR count). The first-order valence-electron chi connectivity index (χ1n) is 2.68. The van der Waals surface area contributed by atoms with Crippen LogP contribution < -0.4 is 0 Å². The van der Waals surface area contributed by atoms with Crippen molar-refractivity contribution in [2.24, 2.45) is 0 Å². The summed E-state index contributed by atoms with van der Waals surface area (Å²) in [6.45, 7) is 2.37. The summed E-state index contributed by atoms with van der Waals surface area (Å²) in [4.78, 5) is 10.6. The molecular formula is C6H8O2. The lowest BCUT2D eigenvalue weighted by Gasteiger charge is -2.12. The summed E-state index contributed by atoms with van der Waals surface area (Å²) in [5.41, 5.74) is 0.826. The summed E-state index contributed by atoms with van der Waals surface area (Å²) in [6, 6.07) is 0. The van der Waals surface area contributed by atoms with Crippen molar-refractivity contribution in [1.29, 1.82) is 0 Å². The van der Waals surface area contributed by atoms with Gasteiger partial charge in [0.1, 0.15) is 6.61 Å². The molecule has 2 nitrogen and oxygen atoms in total. The summed E-state index contributed by atoms with van der Waals surface area (Å²) >= 11 is 0. The van der Waals surface area contributed by atoms with Crippen molar-refractivity contribution in [3.05, 3.63) is 11.8 Å². The largest absolute Gasteiger partial charge is 0.496 e. The van der Waals surface area contributed by atoms with E-state index in [0.29, 0.717) is 13.0 Å². The van der Waals surface area contributed by atoms with Crippen molar-refractivity contribution in [2.75, 3.05) is 6.61 Å². The van der Waals surface area contributed by atoms with Crippen molar-refractivity contribution in [2.45, 2.75) is 13.3 Å². The molecule has 0 fully saturated rings. The number of ether oxygens (including phenoxy) is 1. The highest BCUT2D eigenvalue weighted by Crippen LogP contribution is 2.09. The second kappa shape index (κ2) is 1.99. The Kier molecular flexibility index (Phi) is 1.33. The van der Waals surface area contributed by atoms with Gasteiger partial charge in [0, 0.05) is 6.42 Å². The third kappa shape index (κ3) is 0.735. The molecule has 0 aliphatic carbocycles. The second-order valence-corrected chi connectivity index (χ2v) is 1.73. The number of hydrogen-bond donors (Lipinski definition) is 0. The lowest BCUT2D eigenvalue weighted by molar-refractivity contribution is -0.116. The molecule has 2 heteroatoms. The second-order valence-electron chi connectivity index (χ2n) is 1.73. The molecule has 0 aromatic heterocycles. The van der Waals surface area contributed by atoms with E-state index in [1.165, 1.54) is 6.26 Å². The van der Waals surface area contributed by atoms with Gasteiger partial charge in [-0.3, -0.25) is 4.79 Å². The van der Waals surface area contributed by atoms with Crippen LogP contribution in [0, 0.1) is 0 Å². The molecule has 44 valence electrons. The van der Waals surface area contributed by atoms with Gasteiger partial charge in [0.15, 0.2) is 5.78 Å². The fourth-order valence-corrected chi connectivity index (χ4v) is 0.540. The van der Waals surface area contributed by atoms with Gasteiger partial charge in [-0.25, -0.2) is 0 Å². The number of hydrogen-bond acceptors (Lipinski definition) is 2. The van der Waals surface area contributed by atoms with Crippen LogP contribution in [0.4, 0.5) is 0 Å². The van der Waals surface area contributed by atoms with E-state index in [2.05, 4.69) is 4.74 Å². The Morgan fingerprint density at radius 1 is 2.00 bits per heavy atom. The summed E-state index contributed by atoms with van der Waals surface area (Å²) < 4.78 is 4.67. The van der Waals surface area contributed by atoms with Crippen LogP contribution >= 0.6 is 0 Å². The monoisotopic (exact) mass is 112 g/mol. The smallest absolute Gasteiger partial charge is 0.165 e. The maximum atomic E-state index is 10.6. The molecule has 0 atom stereocenters. The molecule has 1 aliphatic heterocycles. The third-order valence-corrected chi connectivity index (χ3v) is 1.14. The highest BCUT2D eigenvalue weighted by atomic mass is 16.5. The highest BCUT2D eigenvalue weighted by molar-refractivity contribution is 5.95. The molecule has 8 heavy (non-hydrogen) atoms. The van der Waals surface area contributed by atoms with Crippen LogP contribution in [0.5, 0.6) is 0 Å². The number of rotatable bonds is 2. The molecule has 0 amide bonds. The molecule has 0 aromatic rings. The Balaban J connectivity index is 2.47. The Morgan fingerprint density at radius 3 is 2.75 bits per heavy atom. The Labute approximate surface area is 48.1 Å². The summed E-state index contributed by atoms with van der Waals surface area (Å²) in [6.07, 6.45) is 2.11. The van der Waals surface area contributed by atoms with Gasteiger partial charge in [-0.05, 0) is 0 Å². The first-order valence-corrected chi connectivity index (χ1v) is 2.68. The minimum absolute atomic E-state index is 0.205. The summed E-state index contributed by atoms with van der Waals surface area (Å²) in [5, 5.41) is 0. The summed E-state index contributed by atoms with van der Waals surface area (Å²) in [5.74, 6) is 0.205. The average Bonchev–Trinajstić information content (AvgIpc) is 1.62. The Morgan fingerprint density at radius 2 is 2.62 bits per heavy atom. The molecule has 0 N–H and O–H groups in total. The lowest BCUT2D eigenvalue weighted by Crippen LogP contribution is -2.13. The first-order chi connectivity index (χ1) is 3.84. The molecule has 0 unspecified atom stereocenters. The van der Waals surface area contributed by atoms with Crippen LogP contribution in [-0.2, 0) is 9.53 Å². The fourth-order valence-electron chi connectivity index (χ4n) is 0.540.